The molecule has 0 saturated heterocycles. The Morgan fingerprint density at radius 3 is 2.64 bits per heavy atom. The number of aromatic amines is 1. The molecule has 2 aromatic carbocycles. The van der Waals surface area contributed by atoms with E-state index in [2.05, 4.69) is 25.3 Å². The maximum atomic E-state index is 13.4. The van der Waals surface area contributed by atoms with E-state index in [1.807, 2.05) is 19.1 Å². The first-order chi connectivity index (χ1) is 17.4. The van der Waals surface area contributed by atoms with Crippen molar-refractivity contribution in [1.82, 2.24) is 19.7 Å². The van der Waals surface area contributed by atoms with E-state index in [1.165, 1.54) is 39.5 Å². The number of aryl methyl sites for hydroxylation is 1. The molecule has 3 aromatic heterocycles. The second-order valence-electron chi connectivity index (χ2n) is 7.56. The molecule has 10 nitrogen and oxygen atoms in total. The molecule has 0 spiro atoms. The maximum absolute atomic E-state index is 13.4. The number of nitrogens with zero attached hydrogens (tertiary/aromatic N) is 5. The molecule has 12 heteroatoms. The summed E-state index contributed by atoms with van der Waals surface area (Å²) in [5.74, 6) is -0.376. The number of aromatic nitrogens is 4. The standard InChI is InChI=1S/C24H18N6O4S2/c1-13-11-25-23(36-13)28-27-20-19(16-4-3-5-17(10-16)34-2)29-30(21(20)31)24-26-18(12-35-24)14-6-8-15(9-7-14)22(32)33/h3-12,29H,1-2H3,(H,32,33). The summed E-state index contributed by atoms with van der Waals surface area (Å²) in [5, 5.41) is 23.3. The number of aromatic carboxylic acids is 1. The van der Waals surface area contributed by atoms with E-state index in [4.69, 9.17) is 9.84 Å². The van der Waals surface area contributed by atoms with Gasteiger partial charge in [-0.15, -0.1) is 21.6 Å². The topological polar surface area (TPSA) is 135 Å². The van der Waals surface area contributed by atoms with Crippen molar-refractivity contribution >= 4 is 39.5 Å². The fourth-order valence-electron chi connectivity index (χ4n) is 3.40. The summed E-state index contributed by atoms with van der Waals surface area (Å²) in [6.45, 7) is 1.91. The Hall–Kier alpha value is -4.42. The van der Waals surface area contributed by atoms with Crippen LogP contribution in [0, 0.1) is 6.92 Å². The molecule has 0 amide bonds. The fourth-order valence-corrected chi connectivity index (χ4v) is 4.77. The number of methoxy groups -OCH3 is 1. The average Bonchev–Trinajstić information content (AvgIpc) is 3.62. The van der Waals surface area contributed by atoms with Gasteiger partial charge < -0.3 is 9.84 Å². The number of hydrogen-bond donors (Lipinski definition) is 2. The Balaban J connectivity index is 1.58. The Morgan fingerprint density at radius 2 is 1.94 bits per heavy atom. The van der Waals surface area contributed by atoms with Gasteiger partial charge in [0.25, 0.3) is 0 Å². The van der Waals surface area contributed by atoms with Crippen LogP contribution in [0.1, 0.15) is 15.2 Å². The number of nitrogens with one attached hydrogen (secondary N) is 1. The van der Waals surface area contributed by atoms with Crippen molar-refractivity contribution in [3.8, 4) is 33.4 Å². The molecule has 36 heavy (non-hydrogen) atoms. The van der Waals surface area contributed by atoms with Crippen molar-refractivity contribution in [3.63, 3.8) is 0 Å². The van der Waals surface area contributed by atoms with Crippen LogP contribution in [0.4, 0.5) is 10.8 Å². The molecule has 0 radical (unpaired) electrons. The van der Waals surface area contributed by atoms with Gasteiger partial charge in [0.1, 0.15) is 5.75 Å². The van der Waals surface area contributed by atoms with Gasteiger partial charge in [-0.05, 0) is 31.2 Å². The Morgan fingerprint density at radius 1 is 1.14 bits per heavy atom. The second kappa shape index (κ2) is 9.68. The van der Waals surface area contributed by atoms with Crippen molar-refractivity contribution in [2.45, 2.75) is 6.92 Å². The summed E-state index contributed by atoms with van der Waals surface area (Å²) in [6, 6.07) is 13.6. The van der Waals surface area contributed by atoms with Crippen LogP contribution in [0.3, 0.4) is 0 Å². The molecule has 0 unspecified atom stereocenters. The second-order valence-corrected chi connectivity index (χ2v) is 9.61. The minimum absolute atomic E-state index is 0.110. The number of carboxylic acid groups (broad SMARTS) is 1. The van der Waals surface area contributed by atoms with E-state index in [0.717, 1.165) is 10.4 Å². The first kappa shape index (κ1) is 23.3. The highest BCUT2D eigenvalue weighted by atomic mass is 32.1. The predicted octanol–water partition coefficient (Wildman–Crippen LogP) is 5.84. The van der Waals surface area contributed by atoms with Crippen LogP contribution in [0.25, 0.3) is 27.6 Å². The molecule has 2 N–H and O–H groups in total. The quantitative estimate of drug-likeness (QED) is 0.260. The van der Waals surface area contributed by atoms with Crippen molar-refractivity contribution in [2.75, 3.05) is 7.11 Å². The molecule has 0 bridgehead atoms. The number of ether oxygens (including phenoxy) is 1. The van der Waals surface area contributed by atoms with Gasteiger partial charge >= 0.3 is 11.5 Å². The van der Waals surface area contributed by atoms with Gasteiger partial charge in [-0.1, -0.05) is 35.6 Å². The Bertz CT molecular complexity index is 1650. The molecule has 3 heterocycles. The van der Waals surface area contributed by atoms with Gasteiger partial charge in [0.05, 0.1) is 24.1 Å². The summed E-state index contributed by atoms with van der Waals surface area (Å²) < 4.78 is 6.65. The monoisotopic (exact) mass is 518 g/mol. The Kier molecular flexibility index (Phi) is 6.27. The lowest BCUT2D eigenvalue weighted by atomic mass is 10.1. The summed E-state index contributed by atoms with van der Waals surface area (Å²) in [4.78, 5) is 34.3. The van der Waals surface area contributed by atoms with Crippen molar-refractivity contribution in [2.24, 2.45) is 10.2 Å². The largest absolute Gasteiger partial charge is 0.497 e. The zero-order chi connectivity index (χ0) is 25.2. The zero-order valence-corrected chi connectivity index (χ0v) is 20.6. The highest BCUT2D eigenvalue weighted by Crippen LogP contribution is 2.32. The molecule has 0 atom stereocenters. The van der Waals surface area contributed by atoms with Crippen LogP contribution in [-0.2, 0) is 0 Å². The van der Waals surface area contributed by atoms with Gasteiger partial charge in [0.2, 0.25) is 10.3 Å². The normalized spacial score (nSPS) is 11.3. The lowest BCUT2D eigenvalue weighted by Gasteiger charge is -2.03. The Labute approximate surface area is 212 Å². The van der Waals surface area contributed by atoms with Gasteiger partial charge in [-0.2, -0.15) is 4.68 Å². The first-order valence-electron chi connectivity index (χ1n) is 10.6. The highest BCUT2D eigenvalue weighted by Gasteiger charge is 2.20. The molecule has 5 aromatic rings. The molecule has 0 saturated carbocycles. The van der Waals surface area contributed by atoms with Crippen LogP contribution < -0.4 is 10.3 Å². The van der Waals surface area contributed by atoms with Crippen LogP contribution in [-0.4, -0.2) is 37.9 Å². The van der Waals surface area contributed by atoms with E-state index in [9.17, 15) is 9.59 Å². The van der Waals surface area contributed by atoms with E-state index in [1.54, 1.807) is 43.0 Å². The number of benzene rings is 2. The average molecular weight is 519 g/mol. The number of thiazole rings is 2. The van der Waals surface area contributed by atoms with Crippen molar-refractivity contribution < 1.29 is 14.6 Å². The molecule has 5 rings (SSSR count). The van der Waals surface area contributed by atoms with E-state index in [0.29, 0.717) is 33.0 Å². The van der Waals surface area contributed by atoms with Crippen LogP contribution in [0.5, 0.6) is 5.75 Å². The summed E-state index contributed by atoms with van der Waals surface area (Å²) >= 11 is 2.63. The molecule has 0 aliphatic rings. The summed E-state index contributed by atoms with van der Waals surface area (Å²) in [7, 11) is 1.57. The molecular formula is C24H18N6O4S2. The van der Waals surface area contributed by atoms with E-state index in [-0.39, 0.29) is 11.3 Å². The predicted molar refractivity (Wildman–Crippen MR) is 137 cm³/mol. The SMILES string of the molecule is COc1cccc(-c2[nH]n(-c3nc(-c4ccc(C(=O)O)cc4)cs3)c(=O)c2N=Nc2ncc(C)s2)c1. The third-order valence-corrected chi connectivity index (χ3v) is 6.80. The summed E-state index contributed by atoms with van der Waals surface area (Å²) in [5.41, 5.74) is 2.36. The maximum Gasteiger partial charge on any atom is 0.335 e. The van der Waals surface area contributed by atoms with Gasteiger partial charge in [-0.25, -0.2) is 14.8 Å². The van der Waals surface area contributed by atoms with E-state index < -0.39 is 11.5 Å². The smallest absolute Gasteiger partial charge is 0.335 e. The zero-order valence-electron chi connectivity index (χ0n) is 19.0. The number of carboxylic acids is 1. The molecule has 180 valence electrons. The van der Waals surface area contributed by atoms with Crippen LogP contribution in [0.15, 0.2) is 75.1 Å². The van der Waals surface area contributed by atoms with Gasteiger partial charge in [0.15, 0.2) is 5.69 Å². The lowest BCUT2D eigenvalue weighted by molar-refractivity contribution is 0.0697. The van der Waals surface area contributed by atoms with Gasteiger partial charge in [0, 0.05) is 27.6 Å². The van der Waals surface area contributed by atoms with E-state index >= 15 is 0 Å². The van der Waals surface area contributed by atoms with Gasteiger partial charge in [-0.3, -0.25) is 9.89 Å². The highest BCUT2D eigenvalue weighted by molar-refractivity contribution is 7.15. The molecular weight excluding hydrogens is 500 g/mol. The fraction of sp³-hybridized carbons (Fsp3) is 0.0833. The first-order valence-corrected chi connectivity index (χ1v) is 12.3. The number of H-pyrrole nitrogens is 1. The van der Waals surface area contributed by atoms with Crippen molar-refractivity contribution in [1.29, 1.82) is 0 Å². The number of hydrogen-bond acceptors (Lipinski definition) is 9. The third-order valence-electron chi connectivity index (χ3n) is 5.18. The van der Waals surface area contributed by atoms with Crippen LogP contribution >= 0.6 is 22.7 Å². The summed E-state index contributed by atoms with van der Waals surface area (Å²) in [6.07, 6.45) is 1.69. The molecule has 0 aliphatic carbocycles. The number of azo groups is 1. The third kappa shape index (κ3) is 4.59. The lowest BCUT2D eigenvalue weighted by Crippen LogP contribution is -2.13. The molecule has 0 aliphatic heterocycles. The minimum Gasteiger partial charge on any atom is -0.497 e. The van der Waals surface area contributed by atoms with Crippen molar-refractivity contribution in [3.05, 3.63) is 80.9 Å². The number of carbonyl (C=O) groups is 1. The number of rotatable bonds is 7. The van der Waals surface area contributed by atoms with Crippen LogP contribution in [0.2, 0.25) is 0 Å². The minimum atomic E-state index is -1.00. The molecule has 0 fully saturated rings.